The number of ether oxygens (including phenoxy) is 1. The van der Waals surface area contributed by atoms with Gasteiger partial charge in [-0.05, 0) is 68.7 Å². The van der Waals surface area contributed by atoms with Crippen LogP contribution in [0, 0.1) is 6.92 Å². The second-order valence-electron chi connectivity index (χ2n) is 10.8. The van der Waals surface area contributed by atoms with Crippen LogP contribution < -0.4 is 15.0 Å². The summed E-state index contributed by atoms with van der Waals surface area (Å²) in [6, 6.07) is 15.6. The van der Waals surface area contributed by atoms with Crippen molar-refractivity contribution in [3.8, 4) is 5.75 Å². The van der Waals surface area contributed by atoms with Gasteiger partial charge in [0.25, 0.3) is 0 Å². The normalized spacial score (nSPS) is 14.3. The summed E-state index contributed by atoms with van der Waals surface area (Å²) in [6.45, 7) is 7.36. The second kappa shape index (κ2) is 14.2. The summed E-state index contributed by atoms with van der Waals surface area (Å²) < 4.78 is 32.1. The first-order valence-electron chi connectivity index (χ1n) is 14.2. The average molecular weight is 657 g/mol. The molecule has 2 N–H and O–H groups in total. The van der Waals surface area contributed by atoms with E-state index in [9.17, 15) is 8.42 Å². The number of sulfone groups is 1. The fourth-order valence-electron chi connectivity index (χ4n) is 4.80. The molecule has 0 spiro atoms. The third-order valence-corrected chi connectivity index (χ3v) is 10.1. The molecule has 1 aliphatic rings. The minimum absolute atomic E-state index is 0.172. The first-order chi connectivity index (χ1) is 21.1. The molecule has 0 aliphatic carbocycles. The Balaban J connectivity index is 1.39. The summed E-state index contributed by atoms with van der Waals surface area (Å²) in [4.78, 5) is 17.6. The van der Waals surface area contributed by atoms with Gasteiger partial charge in [-0.25, -0.2) is 18.4 Å². The molecule has 0 amide bonds. The molecule has 4 aromatic rings. The monoisotopic (exact) mass is 656 g/mol. The van der Waals surface area contributed by atoms with Gasteiger partial charge in [-0.2, -0.15) is 5.10 Å². The molecule has 2 aromatic carbocycles. The number of piperazine rings is 1. The van der Waals surface area contributed by atoms with E-state index in [0.29, 0.717) is 38.9 Å². The van der Waals surface area contributed by atoms with E-state index in [4.69, 9.17) is 26.3 Å². The van der Waals surface area contributed by atoms with Crippen LogP contribution in [-0.4, -0.2) is 98.9 Å². The van der Waals surface area contributed by atoms with Gasteiger partial charge in [0.05, 0.1) is 17.8 Å². The predicted octanol–water partition coefficient (Wildman–Crippen LogP) is 4.72. The Bertz CT molecular complexity index is 1670. The van der Waals surface area contributed by atoms with E-state index in [1.54, 1.807) is 55.6 Å². The van der Waals surface area contributed by atoms with Crippen molar-refractivity contribution >= 4 is 50.7 Å². The number of likely N-dealkylation sites (N-methyl/N-ethyl adjacent to an activating group) is 1. The van der Waals surface area contributed by atoms with Gasteiger partial charge in [0.1, 0.15) is 0 Å². The van der Waals surface area contributed by atoms with Crippen molar-refractivity contribution in [1.29, 1.82) is 0 Å². The van der Waals surface area contributed by atoms with E-state index in [1.165, 1.54) is 11.8 Å². The van der Waals surface area contributed by atoms with Gasteiger partial charge in [0, 0.05) is 60.9 Å². The van der Waals surface area contributed by atoms with Gasteiger partial charge < -0.3 is 19.9 Å². The Morgan fingerprint density at radius 3 is 2.43 bits per heavy atom. The number of hydrogen-bond acceptors (Lipinski definition) is 11. The van der Waals surface area contributed by atoms with Crippen LogP contribution in [0.25, 0.3) is 0 Å². The molecule has 0 bridgehead atoms. The Labute approximate surface area is 267 Å². The smallest absolute Gasteiger partial charge is 0.204 e. The van der Waals surface area contributed by atoms with Crippen molar-refractivity contribution in [3.05, 3.63) is 70.9 Å². The molecule has 14 heteroatoms. The van der Waals surface area contributed by atoms with E-state index in [1.807, 2.05) is 13.0 Å². The van der Waals surface area contributed by atoms with Crippen LogP contribution in [0.5, 0.6) is 5.75 Å². The first-order valence-corrected chi connectivity index (χ1v) is 17.1. The molecule has 11 nitrogen and oxygen atoms in total. The summed E-state index contributed by atoms with van der Waals surface area (Å²) in [5.41, 5.74) is 1.48. The number of H-pyrrole nitrogens is 1. The lowest BCUT2D eigenvalue weighted by Gasteiger charge is -2.36. The highest BCUT2D eigenvalue weighted by atomic mass is 35.5. The van der Waals surface area contributed by atoms with Gasteiger partial charge in [0.15, 0.2) is 32.4 Å². The molecule has 1 fully saturated rings. The number of halogens is 1. The minimum Gasteiger partial charge on any atom is -0.490 e. The molecule has 2 aromatic heterocycles. The highest BCUT2D eigenvalue weighted by molar-refractivity contribution is 7.99. The fraction of sp³-hybridized carbons (Fsp3) is 0.367. The minimum atomic E-state index is -3.58. The average Bonchev–Trinajstić information content (AvgIpc) is 3.41. The molecule has 234 valence electrons. The van der Waals surface area contributed by atoms with E-state index >= 15 is 0 Å². The number of nitrogens with zero attached hydrogens (tertiary/aromatic N) is 6. The van der Waals surface area contributed by atoms with E-state index < -0.39 is 9.84 Å². The van der Waals surface area contributed by atoms with Crippen molar-refractivity contribution in [3.63, 3.8) is 0 Å². The number of anilines is 3. The summed E-state index contributed by atoms with van der Waals surface area (Å²) in [7, 11) is 2.21. The predicted molar refractivity (Wildman–Crippen MR) is 175 cm³/mol. The summed E-state index contributed by atoms with van der Waals surface area (Å²) >= 11 is 7.56. The Morgan fingerprint density at radius 1 is 1.07 bits per heavy atom. The first kappa shape index (κ1) is 32.0. The highest BCUT2D eigenvalue weighted by Gasteiger charge is 2.25. The number of aromatic amines is 1. The Morgan fingerprint density at radius 2 is 1.80 bits per heavy atom. The van der Waals surface area contributed by atoms with Gasteiger partial charge in [-0.1, -0.05) is 29.8 Å². The molecule has 1 saturated heterocycles. The molecular formula is C30H37ClN8O3S2. The van der Waals surface area contributed by atoms with E-state index in [2.05, 4.69) is 44.3 Å². The number of methoxy groups -OCH3 is 1. The molecule has 0 radical (unpaired) electrons. The van der Waals surface area contributed by atoms with Crippen molar-refractivity contribution in [2.24, 2.45) is 0 Å². The topological polar surface area (TPSA) is 120 Å². The summed E-state index contributed by atoms with van der Waals surface area (Å²) in [6.07, 6.45) is 0. The van der Waals surface area contributed by atoms with Gasteiger partial charge in [-0.3, -0.25) is 10.00 Å². The van der Waals surface area contributed by atoms with Crippen LogP contribution in [0.3, 0.4) is 0 Å². The van der Waals surface area contributed by atoms with Gasteiger partial charge in [-0.15, -0.1) is 0 Å². The lowest BCUT2D eigenvalue weighted by molar-refractivity contribution is 0.228. The molecular weight excluding hydrogens is 620 g/mol. The van der Waals surface area contributed by atoms with Gasteiger partial charge in [0.2, 0.25) is 5.75 Å². The molecule has 0 unspecified atom stereocenters. The van der Waals surface area contributed by atoms with Crippen molar-refractivity contribution < 1.29 is 13.2 Å². The second-order valence-corrected chi connectivity index (χ2v) is 14.3. The zero-order valence-electron chi connectivity index (χ0n) is 25.2. The molecule has 44 heavy (non-hydrogen) atoms. The lowest BCUT2D eigenvalue weighted by atomic mass is 10.2. The highest BCUT2D eigenvalue weighted by Crippen LogP contribution is 2.38. The standard InChI is InChI=1S/C30H37ClN8O3S2/c1-21-19-26(36-35-21)32-28-27(42-4)29(39-17-15-38(16-18-39)14-13-37(2)3)34-30(33-28)43-23-9-11-24(12-10-23)44(40,41)20-22-7-5-6-8-25(22)31/h5-12,19H,13-18,20H2,1-4H3,(H2,32,33,34,35,36). The third kappa shape index (κ3) is 8.02. The number of hydrogen-bond donors (Lipinski definition) is 2. The van der Waals surface area contributed by atoms with Crippen LogP contribution in [0.1, 0.15) is 11.3 Å². The van der Waals surface area contributed by atoms with Crippen LogP contribution in [0.4, 0.5) is 17.5 Å². The molecule has 1 aliphatic heterocycles. The maximum atomic E-state index is 13.1. The van der Waals surface area contributed by atoms with Crippen LogP contribution in [0.2, 0.25) is 5.02 Å². The van der Waals surface area contributed by atoms with Crippen LogP contribution in [-0.2, 0) is 15.6 Å². The molecule has 3 heterocycles. The van der Waals surface area contributed by atoms with Crippen molar-refractivity contribution in [2.45, 2.75) is 27.6 Å². The number of benzene rings is 2. The van der Waals surface area contributed by atoms with Crippen molar-refractivity contribution in [2.75, 3.05) is 70.7 Å². The molecule has 5 rings (SSSR count). The Hall–Kier alpha value is -3.36. The van der Waals surface area contributed by atoms with E-state index in [0.717, 1.165) is 49.9 Å². The SMILES string of the molecule is COc1c(Nc2cc(C)[nH]n2)nc(Sc2ccc(S(=O)(=O)Cc3ccccc3Cl)cc2)nc1N1CCN(CCN(C)C)CC1. The number of aromatic nitrogens is 4. The number of rotatable bonds is 12. The maximum Gasteiger partial charge on any atom is 0.204 e. The van der Waals surface area contributed by atoms with Gasteiger partial charge >= 0.3 is 0 Å². The quantitative estimate of drug-likeness (QED) is 0.206. The summed E-state index contributed by atoms with van der Waals surface area (Å²) in [5.74, 6) is 2.18. The fourth-order valence-corrected chi connectivity index (χ4v) is 7.22. The third-order valence-electron chi connectivity index (χ3n) is 7.21. The zero-order chi connectivity index (χ0) is 31.3. The van der Waals surface area contributed by atoms with Crippen LogP contribution in [0.15, 0.2) is 69.5 Å². The van der Waals surface area contributed by atoms with Crippen LogP contribution >= 0.6 is 23.4 Å². The zero-order valence-corrected chi connectivity index (χ0v) is 27.6. The number of aryl methyl sites for hydroxylation is 1. The molecule has 0 atom stereocenters. The maximum absolute atomic E-state index is 13.1. The van der Waals surface area contributed by atoms with E-state index in [-0.39, 0.29) is 10.6 Å². The number of nitrogens with one attached hydrogen (secondary N) is 2. The lowest BCUT2D eigenvalue weighted by Crippen LogP contribution is -2.48. The van der Waals surface area contributed by atoms with Crippen molar-refractivity contribution in [1.82, 2.24) is 30.0 Å². The summed E-state index contributed by atoms with van der Waals surface area (Å²) in [5, 5.41) is 11.5. The molecule has 0 saturated carbocycles. The Kier molecular flexibility index (Phi) is 10.3. The largest absolute Gasteiger partial charge is 0.490 e.